The molecule has 2 N–H and O–H groups in total. The van der Waals surface area contributed by atoms with Gasteiger partial charge in [0.25, 0.3) is 12.0 Å². The average Bonchev–Trinajstić information content (AvgIpc) is 3.57. The third-order valence-electron chi connectivity index (χ3n) is 10.3. The molecule has 10 nitrogen and oxygen atoms in total. The summed E-state index contributed by atoms with van der Waals surface area (Å²) in [6.07, 6.45) is 3.80. The molecule has 52 heavy (non-hydrogen) atoms. The molecule has 2 aliphatic rings. The van der Waals surface area contributed by atoms with Gasteiger partial charge in [0.15, 0.2) is 0 Å². The summed E-state index contributed by atoms with van der Waals surface area (Å²) in [6.45, 7) is 2.74. The van der Waals surface area contributed by atoms with Crippen LogP contribution >= 0.6 is 11.6 Å². The number of pyridine rings is 2. The number of fused-ring (bicyclic) bond motifs is 2. The van der Waals surface area contributed by atoms with Crippen molar-refractivity contribution in [1.82, 2.24) is 30.0 Å². The maximum Gasteiger partial charge on any atom is 0.280 e. The van der Waals surface area contributed by atoms with Crippen molar-refractivity contribution in [1.29, 1.82) is 0 Å². The van der Waals surface area contributed by atoms with Crippen LogP contribution in [0.2, 0.25) is 5.02 Å². The fourth-order valence-electron chi connectivity index (χ4n) is 7.53. The van der Waals surface area contributed by atoms with Gasteiger partial charge in [0, 0.05) is 59.9 Å². The molecule has 2 atom stereocenters. The fraction of sp³-hybridized carbons (Fsp3) is 0.359. The van der Waals surface area contributed by atoms with Crippen molar-refractivity contribution in [2.75, 3.05) is 26.0 Å². The summed E-state index contributed by atoms with van der Waals surface area (Å²) in [7, 11) is 5.26. The van der Waals surface area contributed by atoms with Gasteiger partial charge in [0.05, 0.1) is 29.4 Å². The number of ether oxygens (including phenoxy) is 1. The third-order valence-corrected chi connectivity index (χ3v) is 10.7. The van der Waals surface area contributed by atoms with Gasteiger partial charge in [-0.3, -0.25) is 14.5 Å². The summed E-state index contributed by atoms with van der Waals surface area (Å²) < 4.78 is 34.7. The van der Waals surface area contributed by atoms with E-state index in [4.69, 9.17) is 21.3 Å². The van der Waals surface area contributed by atoms with Gasteiger partial charge in [-0.15, -0.1) is 0 Å². The van der Waals surface area contributed by atoms with Crippen LogP contribution in [-0.4, -0.2) is 57.3 Å². The summed E-state index contributed by atoms with van der Waals surface area (Å²) in [5.74, 6) is 0.736. The number of methoxy groups -OCH3 is 1. The minimum absolute atomic E-state index is 0.0232. The van der Waals surface area contributed by atoms with Crippen LogP contribution in [0.5, 0.6) is 5.88 Å². The molecule has 4 heterocycles. The van der Waals surface area contributed by atoms with E-state index in [0.717, 1.165) is 71.1 Å². The van der Waals surface area contributed by atoms with E-state index in [0.29, 0.717) is 28.7 Å². The maximum atomic E-state index is 13.8. The van der Waals surface area contributed by atoms with Crippen molar-refractivity contribution in [3.8, 4) is 28.3 Å². The van der Waals surface area contributed by atoms with Crippen molar-refractivity contribution < 1.29 is 18.3 Å². The predicted molar refractivity (Wildman–Crippen MR) is 199 cm³/mol. The number of benzene rings is 2. The number of amides is 1. The summed E-state index contributed by atoms with van der Waals surface area (Å²) >= 11 is 7.20. The third kappa shape index (κ3) is 6.72. The van der Waals surface area contributed by atoms with Gasteiger partial charge in [-0.25, -0.2) is 23.4 Å². The van der Waals surface area contributed by atoms with Crippen molar-refractivity contribution in [2.24, 2.45) is 7.05 Å². The molecule has 5 aromatic rings. The van der Waals surface area contributed by atoms with E-state index >= 15 is 0 Å². The molecule has 2 unspecified atom stereocenters. The Morgan fingerprint density at radius 3 is 2.62 bits per heavy atom. The van der Waals surface area contributed by atoms with Crippen molar-refractivity contribution in [3.63, 3.8) is 0 Å². The first-order valence-corrected chi connectivity index (χ1v) is 17.8. The minimum Gasteiger partial charge on any atom is -0.481 e. The smallest absolute Gasteiger partial charge is 0.280 e. The number of aromatic nitrogens is 4. The van der Waals surface area contributed by atoms with Crippen LogP contribution in [0.1, 0.15) is 67.0 Å². The van der Waals surface area contributed by atoms with Crippen LogP contribution in [0.25, 0.3) is 33.2 Å². The standard InChI is InChI=1S/C39H40ClF2N7O3/c1-21-25(9-7-12-28(21)45-37-34-23(19-30(46-37)36(41)42)20-43-49(3)39(34)51)26-10-6-11-27(35(26)40)29-18-22-14-15-31(33(22)38(47-29)52-4)48(2)17-16-24-8-5-13-32(50)44-24/h6-7,9-12,18-20,24,31,36H,5,8,13-17H2,1-4H3,(H,44,50)(H,45,46). The Morgan fingerprint density at radius 1 is 1.08 bits per heavy atom. The van der Waals surface area contributed by atoms with Crippen LogP contribution in [0.4, 0.5) is 20.3 Å². The topological polar surface area (TPSA) is 114 Å². The predicted octanol–water partition coefficient (Wildman–Crippen LogP) is 7.69. The lowest BCUT2D eigenvalue weighted by Crippen LogP contribution is -2.40. The second kappa shape index (κ2) is 14.6. The normalized spacial score (nSPS) is 17.1. The molecule has 0 saturated carbocycles. The Labute approximate surface area is 305 Å². The zero-order chi connectivity index (χ0) is 36.7. The van der Waals surface area contributed by atoms with Crippen LogP contribution in [-0.2, 0) is 18.3 Å². The number of nitrogens with zero attached hydrogens (tertiary/aromatic N) is 5. The van der Waals surface area contributed by atoms with Crippen molar-refractivity contribution in [2.45, 2.75) is 64.0 Å². The number of rotatable bonds is 10. The van der Waals surface area contributed by atoms with Crippen LogP contribution < -0.4 is 20.9 Å². The average molecular weight is 728 g/mol. The maximum absolute atomic E-state index is 13.8. The molecule has 1 saturated heterocycles. The minimum atomic E-state index is -2.84. The zero-order valence-electron chi connectivity index (χ0n) is 29.5. The number of carbonyl (C=O) groups is 1. The number of halogens is 3. The summed E-state index contributed by atoms with van der Waals surface area (Å²) in [5, 5.41) is 11.2. The molecule has 1 aliphatic heterocycles. The van der Waals surface area contributed by atoms with E-state index in [-0.39, 0.29) is 34.6 Å². The molecule has 1 aliphatic carbocycles. The number of piperidine rings is 1. The molecule has 2 aromatic carbocycles. The second-order valence-electron chi connectivity index (χ2n) is 13.6. The van der Waals surface area contributed by atoms with E-state index in [1.165, 1.54) is 24.9 Å². The molecule has 270 valence electrons. The van der Waals surface area contributed by atoms with E-state index in [2.05, 4.69) is 38.7 Å². The number of hydrogen-bond acceptors (Lipinski definition) is 8. The van der Waals surface area contributed by atoms with E-state index in [1.54, 1.807) is 13.2 Å². The summed E-state index contributed by atoms with van der Waals surface area (Å²) in [4.78, 5) is 36.4. The zero-order valence-corrected chi connectivity index (χ0v) is 30.2. The number of anilines is 2. The van der Waals surface area contributed by atoms with Crippen LogP contribution in [0.3, 0.4) is 0 Å². The first kappa shape index (κ1) is 35.5. The van der Waals surface area contributed by atoms with E-state index in [9.17, 15) is 18.4 Å². The molecule has 3 aromatic heterocycles. The highest BCUT2D eigenvalue weighted by molar-refractivity contribution is 6.36. The highest BCUT2D eigenvalue weighted by Gasteiger charge is 2.32. The highest BCUT2D eigenvalue weighted by Crippen LogP contribution is 2.45. The molecule has 7 rings (SSSR count). The van der Waals surface area contributed by atoms with Crippen LogP contribution in [0, 0.1) is 6.92 Å². The van der Waals surface area contributed by atoms with Crippen molar-refractivity contribution in [3.05, 3.63) is 92.5 Å². The van der Waals surface area contributed by atoms with Crippen LogP contribution in [0.15, 0.2) is 59.5 Å². The molecule has 1 amide bonds. The Bertz CT molecular complexity index is 2250. The molecule has 1 fully saturated rings. The van der Waals surface area contributed by atoms with Gasteiger partial charge in [0.1, 0.15) is 11.5 Å². The lowest BCUT2D eigenvalue weighted by Gasteiger charge is -2.29. The lowest BCUT2D eigenvalue weighted by molar-refractivity contribution is -0.123. The Morgan fingerprint density at radius 2 is 1.85 bits per heavy atom. The molecule has 13 heteroatoms. The Hall–Kier alpha value is -4.94. The highest BCUT2D eigenvalue weighted by atomic mass is 35.5. The summed E-state index contributed by atoms with van der Waals surface area (Å²) in [5.41, 5.74) is 5.72. The van der Waals surface area contributed by atoms with Gasteiger partial charge < -0.3 is 15.4 Å². The van der Waals surface area contributed by atoms with Gasteiger partial charge >= 0.3 is 0 Å². The summed E-state index contributed by atoms with van der Waals surface area (Å²) in [6, 6.07) is 15.0. The second-order valence-corrected chi connectivity index (χ2v) is 14.0. The first-order chi connectivity index (χ1) is 25.0. The monoisotopic (exact) mass is 727 g/mol. The van der Waals surface area contributed by atoms with Gasteiger partial charge in [-0.05, 0) is 81.0 Å². The lowest BCUT2D eigenvalue weighted by atomic mass is 9.96. The number of alkyl halides is 2. The first-order valence-electron chi connectivity index (χ1n) is 17.4. The quantitative estimate of drug-likeness (QED) is 0.151. The molecular formula is C39H40ClF2N7O3. The molecular weight excluding hydrogens is 688 g/mol. The van der Waals surface area contributed by atoms with Gasteiger partial charge in [-0.1, -0.05) is 41.9 Å². The molecule has 0 spiro atoms. The number of hydrogen-bond donors (Lipinski definition) is 2. The molecule has 0 bridgehead atoms. The number of aryl methyl sites for hydroxylation is 2. The number of carbonyl (C=O) groups excluding carboxylic acids is 1. The largest absolute Gasteiger partial charge is 0.481 e. The van der Waals surface area contributed by atoms with E-state index in [1.807, 2.05) is 37.3 Å². The van der Waals surface area contributed by atoms with E-state index < -0.39 is 17.7 Å². The van der Waals surface area contributed by atoms with Gasteiger partial charge in [0.2, 0.25) is 11.8 Å². The Balaban J connectivity index is 1.19. The van der Waals surface area contributed by atoms with Gasteiger partial charge in [-0.2, -0.15) is 5.10 Å². The Kier molecular flexibility index (Phi) is 9.95. The molecule has 0 radical (unpaired) electrons. The number of nitrogens with one attached hydrogen (secondary N) is 2. The van der Waals surface area contributed by atoms with Crippen molar-refractivity contribution >= 4 is 39.8 Å². The SMILES string of the molecule is COc1nc(-c2cccc(-c3cccc(Nc4nc(C(F)F)cc5cnn(C)c(=O)c45)c3C)c2Cl)cc2c1C(N(C)CCC1CCCC(=O)N1)CC2. The fourth-order valence-corrected chi connectivity index (χ4v) is 7.86.